The smallest absolute Gasteiger partial charge is 0.126 e. The molecule has 1 aromatic rings. The summed E-state index contributed by atoms with van der Waals surface area (Å²) >= 11 is 0. The van der Waals surface area contributed by atoms with Crippen LogP contribution < -0.4 is 10.1 Å². The Kier molecular flexibility index (Phi) is 5.80. The van der Waals surface area contributed by atoms with Crippen LogP contribution in [-0.4, -0.2) is 41.4 Å². The van der Waals surface area contributed by atoms with E-state index >= 15 is 0 Å². The van der Waals surface area contributed by atoms with Crippen LogP contribution in [0.3, 0.4) is 0 Å². The zero-order valence-corrected chi connectivity index (χ0v) is 17.9. The summed E-state index contributed by atoms with van der Waals surface area (Å²) < 4.78 is 6.16. The van der Waals surface area contributed by atoms with E-state index in [1.54, 1.807) is 0 Å². The van der Waals surface area contributed by atoms with E-state index in [2.05, 4.69) is 31.3 Å². The summed E-state index contributed by atoms with van der Waals surface area (Å²) in [7, 11) is 7.70. The fourth-order valence-electron chi connectivity index (χ4n) is 3.38. The molecule has 0 bridgehead atoms. The van der Waals surface area contributed by atoms with Gasteiger partial charge in [-0.05, 0) is 41.5 Å². The average molecular weight is 416 g/mol. The maximum absolute atomic E-state index is 10.6. The second-order valence-corrected chi connectivity index (χ2v) is 12.6. The van der Waals surface area contributed by atoms with Crippen molar-refractivity contribution >= 4 is 43.2 Å². The number of benzene rings is 1. The Labute approximate surface area is 166 Å². The molecule has 3 aliphatic heterocycles. The van der Waals surface area contributed by atoms with Crippen molar-refractivity contribution in [1.82, 2.24) is 5.32 Å². The van der Waals surface area contributed by atoms with Crippen LogP contribution in [0.4, 0.5) is 0 Å². The van der Waals surface area contributed by atoms with Crippen molar-refractivity contribution in [2.24, 2.45) is 5.41 Å². The molecule has 3 heterocycles. The molecule has 1 aromatic carbocycles. The Bertz CT molecular complexity index is 640. The number of aliphatic hydroxyl groups is 1. The fraction of sp³-hybridized carbons (Fsp3) is 0.667. The molecular formula is C18H25NO2S4. The van der Waals surface area contributed by atoms with Gasteiger partial charge in [0, 0.05) is 34.7 Å². The van der Waals surface area contributed by atoms with Crippen LogP contribution in [0.2, 0.25) is 0 Å². The first-order chi connectivity index (χ1) is 12.0. The number of aliphatic hydroxyl groups excluding tert-OH is 1. The van der Waals surface area contributed by atoms with E-state index in [0.717, 1.165) is 30.9 Å². The molecule has 0 aliphatic carbocycles. The highest BCUT2D eigenvalue weighted by Crippen LogP contribution is 2.49. The molecule has 0 saturated carbocycles. The van der Waals surface area contributed by atoms with Gasteiger partial charge in [-0.25, -0.2) is 0 Å². The number of hydrogen-bond acceptors (Lipinski definition) is 7. The molecule has 7 heteroatoms. The van der Waals surface area contributed by atoms with E-state index in [9.17, 15) is 5.11 Å². The van der Waals surface area contributed by atoms with Gasteiger partial charge in [0.1, 0.15) is 18.0 Å². The lowest BCUT2D eigenvalue weighted by Gasteiger charge is -2.31. The van der Waals surface area contributed by atoms with E-state index in [-0.39, 0.29) is 6.10 Å². The van der Waals surface area contributed by atoms with Crippen molar-refractivity contribution in [1.29, 1.82) is 0 Å². The summed E-state index contributed by atoms with van der Waals surface area (Å²) in [6, 6.07) is 4.48. The summed E-state index contributed by atoms with van der Waals surface area (Å²) in [4.78, 5) is 1.39. The molecule has 0 spiro atoms. The molecule has 25 heavy (non-hydrogen) atoms. The predicted molar refractivity (Wildman–Crippen MR) is 113 cm³/mol. The predicted octanol–water partition coefficient (Wildman–Crippen LogP) is 4.37. The highest BCUT2D eigenvalue weighted by atomic mass is 33.1. The molecule has 0 aromatic heterocycles. The number of fused-ring (bicyclic) bond motifs is 2. The van der Waals surface area contributed by atoms with Crippen LogP contribution in [0.1, 0.15) is 31.4 Å². The number of hydrogen-bond donors (Lipinski definition) is 2. The Balaban J connectivity index is 1.31. The van der Waals surface area contributed by atoms with Crippen molar-refractivity contribution in [3.8, 4) is 5.75 Å². The van der Waals surface area contributed by atoms with Gasteiger partial charge in [0.2, 0.25) is 0 Å². The van der Waals surface area contributed by atoms with Gasteiger partial charge in [-0.3, -0.25) is 0 Å². The molecule has 2 N–H and O–H groups in total. The van der Waals surface area contributed by atoms with Gasteiger partial charge in [-0.1, -0.05) is 57.0 Å². The normalized spacial score (nSPS) is 28.3. The van der Waals surface area contributed by atoms with Gasteiger partial charge in [0.15, 0.2) is 0 Å². The number of nitrogens with one attached hydrogen (secondary N) is 1. The van der Waals surface area contributed by atoms with Gasteiger partial charge in [-0.15, -0.1) is 0 Å². The zero-order valence-electron chi connectivity index (χ0n) is 14.6. The summed E-state index contributed by atoms with van der Waals surface area (Å²) in [6.07, 6.45) is 1.34. The third-order valence-electron chi connectivity index (χ3n) is 5.18. The molecule has 1 saturated heterocycles. The minimum absolute atomic E-state index is 0.0987. The monoisotopic (exact) mass is 415 g/mol. The highest BCUT2D eigenvalue weighted by Gasteiger charge is 2.36. The highest BCUT2D eigenvalue weighted by molar-refractivity contribution is 8.77. The lowest BCUT2D eigenvalue weighted by Crippen LogP contribution is -2.44. The van der Waals surface area contributed by atoms with Gasteiger partial charge >= 0.3 is 0 Å². The second-order valence-electron chi connectivity index (χ2n) is 7.67. The van der Waals surface area contributed by atoms with E-state index in [1.165, 1.54) is 21.8 Å². The van der Waals surface area contributed by atoms with Crippen molar-refractivity contribution in [3.63, 3.8) is 0 Å². The summed E-state index contributed by atoms with van der Waals surface area (Å²) in [5.41, 5.74) is 3.04. The molecule has 3 aliphatic rings. The van der Waals surface area contributed by atoms with Crippen LogP contribution in [0.15, 0.2) is 17.0 Å². The average Bonchev–Trinajstić information content (AvgIpc) is 3.17. The van der Waals surface area contributed by atoms with Gasteiger partial charge in [0.25, 0.3) is 0 Å². The van der Waals surface area contributed by atoms with Crippen molar-refractivity contribution in [2.45, 2.75) is 54.8 Å². The first-order valence-electron chi connectivity index (χ1n) is 8.82. The third kappa shape index (κ3) is 4.11. The van der Waals surface area contributed by atoms with Gasteiger partial charge in [-0.2, -0.15) is 0 Å². The molecule has 1 fully saturated rings. The summed E-state index contributed by atoms with van der Waals surface area (Å²) in [5.74, 6) is 3.25. The number of ether oxygens (including phenoxy) is 1. The maximum Gasteiger partial charge on any atom is 0.126 e. The molecular weight excluding hydrogens is 390 g/mol. The van der Waals surface area contributed by atoms with Gasteiger partial charge in [0.05, 0.1) is 0 Å². The molecule has 138 valence electrons. The largest absolute Gasteiger partial charge is 0.487 e. The SMILES string of the molecule is CC1(C)CSSC1CNCC(O)C1CCc2cc3c(cc2O1)CSS3. The maximum atomic E-state index is 10.6. The Hall–Kier alpha value is 0.340. The lowest BCUT2D eigenvalue weighted by molar-refractivity contribution is 0.0243. The standard InChI is InChI=1S/C18H25NO2S4/c1-18(2)10-23-25-17(18)8-19-7-13(20)14-4-3-11-6-16-12(9-22-24-16)5-15(11)21-14/h5-6,13-14,17,19-20H,3-4,7-10H2,1-2H3. The molecule has 4 rings (SSSR count). The third-order valence-corrected chi connectivity index (χ3v) is 11.0. The Morgan fingerprint density at radius 1 is 1.32 bits per heavy atom. The topological polar surface area (TPSA) is 41.5 Å². The van der Waals surface area contributed by atoms with Crippen molar-refractivity contribution in [3.05, 3.63) is 23.3 Å². The minimum atomic E-state index is -0.452. The van der Waals surface area contributed by atoms with Crippen LogP contribution in [-0.2, 0) is 12.2 Å². The molecule has 0 radical (unpaired) electrons. The van der Waals surface area contributed by atoms with E-state index < -0.39 is 6.10 Å². The fourth-order valence-corrected chi connectivity index (χ4v) is 9.82. The summed E-state index contributed by atoms with van der Waals surface area (Å²) in [5, 5.41) is 14.7. The van der Waals surface area contributed by atoms with Crippen LogP contribution >= 0.6 is 43.2 Å². The van der Waals surface area contributed by atoms with E-state index in [1.807, 2.05) is 43.2 Å². The number of aryl methyl sites for hydroxylation is 1. The van der Waals surface area contributed by atoms with Crippen molar-refractivity contribution < 1.29 is 9.84 Å². The number of rotatable bonds is 5. The molecule has 3 nitrogen and oxygen atoms in total. The lowest BCUT2D eigenvalue weighted by atomic mass is 9.91. The van der Waals surface area contributed by atoms with Crippen LogP contribution in [0.25, 0.3) is 0 Å². The first-order valence-corrected chi connectivity index (χ1v) is 13.5. The van der Waals surface area contributed by atoms with E-state index in [0.29, 0.717) is 17.2 Å². The Morgan fingerprint density at radius 3 is 3.00 bits per heavy atom. The quantitative estimate of drug-likeness (QED) is 0.692. The van der Waals surface area contributed by atoms with Gasteiger partial charge < -0.3 is 15.2 Å². The second kappa shape index (κ2) is 7.76. The van der Waals surface area contributed by atoms with Crippen LogP contribution in [0.5, 0.6) is 5.75 Å². The first kappa shape index (κ1) is 18.7. The zero-order chi connectivity index (χ0) is 17.4. The Morgan fingerprint density at radius 2 is 2.20 bits per heavy atom. The molecule has 0 amide bonds. The van der Waals surface area contributed by atoms with E-state index in [4.69, 9.17) is 4.74 Å². The summed E-state index contributed by atoms with van der Waals surface area (Å²) in [6.45, 7) is 6.22. The van der Waals surface area contributed by atoms with Crippen molar-refractivity contribution in [2.75, 3.05) is 18.8 Å². The minimum Gasteiger partial charge on any atom is -0.487 e. The van der Waals surface area contributed by atoms with Crippen LogP contribution in [0, 0.1) is 5.41 Å². The molecule has 3 unspecified atom stereocenters. The molecule has 3 atom stereocenters.